The number of nitrogens with one attached hydrogen (secondary N) is 1. The van der Waals surface area contributed by atoms with E-state index >= 15 is 0 Å². The fourth-order valence-electron chi connectivity index (χ4n) is 6.81. The molecule has 0 radical (unpaired) electrons. The minimum atomic E-state index is -0.646. The van der Waals surface area contributed by atoms with Crippen LogP contribution in [0.15, 0.2) is 78.9 Å². The van der Waals surface area contributed by atoms with Crippen molar-refractivity contribution in [3.63, 3.8) is 0 Å². The summed E-state index contributed by atoms with van der Waals surface area (Å²) in [5, 5.41) is 3.67. The van der Waals surface area contributed by atoms with E-state index in [2.05, 4.69) is 43.4 Å². The topological polar surface area (TPSA) is 61.9 Å². The zero-order valence-corrected chi connectivity index (χ0v) is 22.7. The van der Waals surface area contributed by atoms with Crippen LogP contribution in [0.5, 0.6) is 0 Å². The first-order valence-corrected chi connectivity index (χ1v) is 13.4. The molecular formula is C32H35N3O3. The molecule has 3 aromatic carbocycles. The number of anilines is 2. The molecule has 6 nitrogen and oxygen atoms in total. The van der Waals surface area contributed by atoms with Crippen LogP contribution in [0.2, 0.25) is 0 Å². The summed E-state index contributed by atoms with van der Waals surface area (Å²) in [6.07, 6.45) is -0.139. The highest BCUT2D eigenvalue weighted by molar-refractivity contribution is 5.99. The third kappa shape index (κ3) is 3.46. The lowest BCUT2D eigenvalue weighted by atomic mass is 9.60. The Kier molecular flexibility index (Phi) is 5.39. The van der Waals surface area contributed by atoms with Gasteiger partial charge in [0.2, 0.25) is 5.91 Å². The zero-order chi connectivity index (χ0) is 26.9. The van der Waals surface area contributed by atoms with Crippen molar-refractivity contribution in [1.82, 2.24) is 4.90 Å². The van der Waals surface area contributed by atoms with E-state index in [9.17, 15) is 9.59 Å². The minimum absolute atomic E-state index is 0.0879. The summed E-state index contributed by atoms with van der Waals surface area (Å²) in [6, 6.07) is 26.3. The third-order valence-electron chi connectivity index (χ3n) is 8.50. The highest BCUT2D eigenvalue weighted by atomic mass is 16.6. The first-order chi connectivity index (χ1) is 18.1. The fraction of sp³-hybridized carbons (Fsp3) is 0.375. The van der Waals surface area contributed by atoms with Crippen LogP contribution in [0, 0.1) is 0 Å². The van der Waals surface area contributed by atoms with Crippen LogP contribution in [0.3, 0.4) is 0 Å². The standard InChI is InChI=1S/C32H35N3O3/c1-30(2,3)38-29(37)35-25-18-12-10-16-23(25)32-19-20-34(31(4,5)21-13-7-6-8-14-21)27(36)26(32)22-15-9-11-17-24(22)33-28(32)35/h6-18,26,28,33H,19-20H2,1-5H3/t26?,28-,32-/m1/s1. The number of rotatable bonds is 2. The molecule has 1 unspecified atom stereocenters. The first-order valence-electron chi connectivity index (χ1n) is 13.4. The lowest BCUT2D eigenvalue weighted by Gasteiger charge is -2.55. The van der Waals surface area contributed by atoms with Crippen molar-refractivity contribution < 1.29 is 14.3 Å². The average Bonchev–Trinajstić information content (AvgIpc) is 3.16. The van der Waals surface area contributed by atoms with Gasteiger partial charge in [-0.05, 0) is 69.9 Å². The van der Waals surface area contributed by atoms with Crippen molar-refractivity contribution in [3.8, 4) is 0 Å². The van der Waals surface area contributed by atoms with Gasteiger partial charge in [-0.15, -0.1) is 0 Å². The molecule has 3 aliphatic heterocycles. The number of benzene rings is 3. The van der Waals surface area contributed by atoms with E-state index in [1.54, 1.807) is 4.90 Å². The second kappa shape index (κ2) is 8.35. The normalized spacial score (nSPS) is 24.1. The monoisotopic (exact) mass is 509 g/mol. The summed E-state index contributed by atoms with van der Waals surface area (Å²) in [4.78, 5) is 32.3. The molecular weight excluding hydrogens is 474 g/mol. The van der Waals surface area contributed by atoms with E-state index in [1.165, 1.54) is 0 Å². The molecule has 6 rings (SSSR count). The van der Waals surface area contributed by atoms with Gasteiger partial charge < -0.3 is 15.0 Å². The molecule has 6 heteroatoms. The predicted octanol–water partition coefficient (Wildman–Crippen LogP) is 6.38. The fourth-order valence-corrected chi connectivity index (χ4v) is 6.81. The number of hydrogen-bond donors (Lipinski definition) is 1. The van der Waals surface area contributed by atoms with E-state index in [0.29, 0.717) is 13.0 Å². The average molecular weight is 510 g/mol. The van der Waals surface area contributed by atoms with Gasteiger partial charge in [-0.2, -0.15) is 0 Å². The number of nitrogens with zero attached hydrogens (tertiary/aromatic N) is 2. The molecule has 1 spiro atoms. The van der Waals surface area contributed by atoms with Gasteiger partial charge in [-0.3, -0.25) is 9.69 Å². The van der Waals surface area contributed by atoms with Crippen molar-refractivity contribution in [2.24, 2.45) is 0 Å². The van der Waals surface area contributed by atoms with Gasteiger partial charge in [0, 0.05) is 12.2 Å². The van der Waals surface area contributed by atoms with Gasteiger partial charge in [-0.1, -0.05) is 66.7 Å². The number of amides is 2. The van der Waals surface area contributed by atoms with Gasteiger partial charge in [-0.25, -0.2) is 4.79 Å². The number of hydrogen-bond acceptors (Lipinski definition) is 4. The van der Waals surface area contributed by atoms with E-state index in [0.717, 1.165) is 28.1 Å². The van der Waals surface area contributed by atoms with Crippen LogP contribution >= 0.6 is 0 Å². The highest BCUT2D eigenvalue weighted by Gasteiger charge is 2.65. The van der Waals surface area contributed by atoms with Crippen molar-refractivity contribution in [3.05, 3.63) is 95.6 Å². The van der Waals surface area contributed by atoms with E-state index in [1.807, 2.05) is 80.3 Å². The van der Waals surface area contributed by atoms with Gasteiger partial charge in [0.15, 0.2) is 0 Å². The molecule has 3 atom stereocenters. The van der Waals surface area contributed by atoms with Crippen molar-refractivity contribution in [2.45, 2.75) is 69.7 Å². The van der Waals surface area contributed by atoms with Gasteiger partial charge >= 0.3 is 6.09 Å². The van der Waals surface area contributed by atoms with Crippen LogP contribution in [0.4, 0.5) is 16.2 Å². The summed E-state index contributed by atoms with van der Waals surface area (Å²) in [5.41, 5.74) is 3.03. The Labute approximate surface area is 224 Å². The molecule has 1 saturated heterocycles. The van der Waals surface area contributed by atoms with E-state index in [4.69, 9.17) is 4.74 Å². The van der Waals surface area contributed by atoms with Crippen LogP contribution in [0.25, 0.3) is 0 Å². The summed E-state index contributed by atoms with van der Waals surface area (Å²) >= 11 is 0. The summed E-state index contributed by atoms with van der Waals surface area (Å²) in [6.45, 7) is 10.5. The van der Waals surface area contributed by atoms with Gasteiger partial charge in [0.25, 0.3) is 0 Å². The Morgan fingerprint density at radius 1 is 0.921 bits per heavy atom. The third-order valence-corrected chi connectivity index (χ3v) is 8.50. The number of carbonyl (C=O) groups is 2. The Hall–Kier alpha value is -3.80. The minimum Gasteiger partial charge on any atom is -0.443 e. The molecule has 0 bridgehead atoms. The number of para-hydroxylation sites is 2. The Morgan fingerprint density at radius 3 is 2.32 bits per heavy atom. The molecule has 0 aromatic heterocycles. The maximum atomic E-state index is 14.8. The number of piperidine rings is 1. The maximum absolute atomic E-state index is 14.8. The molecule has 3 aliphatic rings. The van der Waals surface area contributed by atoms with Gasteiger partial charge in [0.05, 0.1) is 22.6 Å². The SMILES string of the molecule is CC(C)(C)OC(=O)N1c2ccccc2[C@]23CCN(C(C)(C)c4ccccc4)C(=O)C2c2ccccc2N[C@H]13. The first kappa shape index (κ1) is 24.5. The quantitative estimate of drug-likeness (QED) is 0.435. The van der Waals surface area contributed by atoms with Crippen molar-refractivity contribution >= 4 is 23.4 Å². The van der Waals surface area contributed by atoms with Gasteiger partial charge in [0.1, 0.15) is 11.8 Å². The number of fused-ring (bicyclic) bond motifs is 3. The second-order valence-electron chi connectivity index (χ2n) is 12.1. The van der Waals surface area contributed by atoms with Crippen LogP contribution in [0.1, 0.15) is 63.6 Å². The molecule has 196 valence electrons. The van der Waals surface area contributed by atoms with Crippen molar-refractivity contribution in [2.75, 3.05) is 16.8 Å². The molecule has 1 fully saturated rings. The molecule has 3 aromatic rings. The van der Waals surface area contributed by atoms with Crippen molar-refractivity contribution in [1.29, 1.82) is 0 Å². The molecule has 0 saturated carbocycles. The van der Waals surface area contributed by atoms with Crippen LogP contribution < -0.4 is 10.2 Å². The molecule has 38 heavy (non-hydrogen) atoms. The predicted molar refractivity (Wildman–Crippen MR) is 149 cm³/mol. The summed E-state index contributed by atoms with van der Waals surface area (Å²) < 4.78 is 5.90. The number of ether oxygens (including phenoxy) is 1. The summed E-state index contributed by atoms with van der Waals surface area (Å²) in [5.74, 6) is -0.361. The lowest BCUT2D eigenvalue weighted by Crippen LogP contribution is -2.65. The Morgan fingerprint density at radius 2 is 1.58 bits per heavy atom. The zero-order valence-electron chi connectivity index (χ0n) is 22.7. The van der Waals surface area contributed by atoms with Crippen LogP contribution in [-0.2, 0) is 20.5 Å². The Balaban J connectivity index is 1.52. The van der Waals surface area contributed by atoms with E-state index < -0.39 is 34.7 Å². The molecule has 2 amide bonds. The van der Waals surface area contributed by atoms with Crippen LogP contribution in [-0.4, -0.2) is 35.2 Å². The maximum Gasteiger partial charge on any atom is 0.416 e. The lowest BCUT2D eigenvalue weighted by molar-refractivity contribution is -0.145. The summed E-state index contributed by atoms with van der Waals surface area (Å²) in [7, 11) is 0. The molecule has 1 N–H and O–H groups in total. The highest BCUT2D eigenvalue weighted by Crippen LogP contribution is 2.61. The largest absolute Gasteiger partial charge is 0.443 e. The molecule has 3 heterocycles. The number of likely N-dealkylation sites (tertiary alicyclic amines) is 1. The Bertz CT molecular complexity index is 1410. The molecule has 0 aliphatic carbocycles. The smallest absolute Gasteiger partial charge is 0.416 e. The second-order valence-corrected chi connectivity index (χ2v) is 12.1. The van der Waals surface area contributed by atoms with E-state index in [-0.39, 0.29) is 5.91 Å². The number of carbonyl (C=O) groups excluding carboxylic acids is 2.